The standard InChI is InChI=1S/C20H23ClFNO4.C2H6/c1-11(2)25-18-15(21)8-13(10-23-18)26-17-9-16(22)14(7-12(17)3)19(24)27-20(4,5)6;1-2/h7-11H,1-6H3;1-2H3. The van der Waals surface area contributed by atoms with Gasteiger partial charge in [0.25, 0.3) is 0 Å². The summed E-state index contributed by atoms with van der Waals surface area (Å²) in [6, 6.07) is 4.07. The Kier molecular flexibility index (Phi) is 8.89. The molecule has 0 fully saturated rings. The first-order chi connectivity index (χ1) is 13.5. The van der Waals surface area contributed by atoms with Gasteiger partial charge in [0.15, 0.2) is 0 Å². The Morgan fingerprint density at radius 2 is 1.79 bits per heavy atom. The monoisotopic (exact) mass is 425 g/mol. The third-order valence-corrected chi connectivity index (χ3v) is 3.51. The summed E-state index contributed by atoms with van der Waals surface area (Å²) in [6.07, 6.45) is 1.36. The molecule has 0 aliphatic heterocycles. The van der Waals surface area contributed by atoms with Gasteiger partial charge in [-0.15, -0.1) is 0 Å². The van der Waals surface area contributed by atoms with Crippen molar-refractivity contribution >= 4 is 17.6 Å². The normalized spacial score (nSPS) is 10.9. The van der Waals surface area contributed by atoms with Gasteiger partial charge < -0.3 is 14.2 Å². The quantitative estimate of drug-likeness (QED) is 0.496. The largest absolute Gasteiger partial charge is 0.474 e. The third-order valence-electron chi connectivity index (χ3n) is 3.24. The molecule has 7 heteroatoms. The number of hydrogen-bond donors (Lipinski definition) is 0. The summed E-state index contributed by atoms with van der Waals surface area (Å²) in [4.78, 5) is 16.2. The number of halogens is 2. The molecule has 0 aliphatic carbocycles. The van der Waals surface area contributed by atoms with E-state index >= 15 is 0 Å². The summed E-state index contributed by atoms with van der Waals surface area (Å²) in [5, 5.41) is 0.282. The van der Waals surface area contributed by atoms with Gasteiger partial charge in [0.2, 0.25) is 5.88 Å². The van der Waals surface area contributed by atoms with E-state index in [1.54, 1.807) is 27.7 Å². The van der Waals surface area contributed by atoms with Crippen LogP contribution >= 0.6 is 11.6 Å². The van der Waals surface area contributed by atoms with Gasteiger partial charge in [0, 0.05) is 12.1 Å². The minimum Gasteiger partial charge on any atom is -0.474 e. The zero-order chi connectivity index (χ0) is 22.4. The third kappa shape index (κ3) is 7.54. The van der Waals surface area contributed by atoms with Crippen molar-refractivity contribution < 1.29 is 23.4 Å². The molecule has 0 amide bonds. The molecule has 0 radical (unpaired) electrons. The Bertz CT molecular complexity index is 847. The van der Waals surface area contributed by atoms with Crippen LogP contribution in [-0.4, -0.2) is 22.7 Å². The molecule has 0 atom stereocenters. The first kappa shape index (κ1) is 24.7. The van der Waals surface area contributed by atoms with Crippen LogP contribution in [0.3, 0.4) is 0 Å². The van der Waals surface area contributed by atoms with Crippen LogP contribution in [-0.2, 0) is 4.74 Å². The zero-order valence-electron chi connectivity index (χ0n) is 18.2. The van der Waals surface area contributed by atoms with Gasteiger partial charge in [-0.3, -0.25) is 0 Å². The predicted molar refractivity (Wildman–Crippen MR) is 113 cm³/mol. The number of carbonyl (C=O) groups excluding carboxylic acids is 1. The van der Waals surface area contributed by atoms with E-state index < -0.39 is 17.4 Å². The summed E-state index contributed by atoms with van der Waals surface area (Å²) in [7, 11) is 0. The lowest BCUT2D eigenvalue weighted by Crippen LogP contribution is -2.24. The molecule has 2 aromatic rings. The van der Waals surface area contributed by atoms with E-state index in [9.17, 15) is 9.18 Å². The molecule has 1 heterocycles. The van der Waals surface area contributed by atoms with Crippen molar-refractivity contribution in [2.24, 2.45) is 0 Å². The van der Waals surface area contributed by atoms with E-state index in [1.807, 2.05) is 27.7 Å². The molecule has 0 saturated carbocycles. The highest BCUT2D eigenvalue weighted by molar-refractivity contribution is 6.31. The lowest BCUT2D eigenvalue weighted by molar-refractivity contribution is 0.00645. The van der Waals surface area contributed by atoms with Crippen molar-refractivity contribution in [2.75, 3.05) is 0 Å². The van der Waals surface area contributed by atoms with Crippen LogP contribution in [0, 0.1) is 12.7 Å². The van der Waals surface area contributed by atoms with Gasteiger partial charge in [-0.1, -0.05) is 25.4 Å². The van der Waals surface area contributed by atoms with Crippen molar-refractivity contribution in [3.05, 3.63) is 46.4 Å². The summed E-state index contributed by atoms with van der Waals surface area (Å²) >= 11 is 6.14. The Morgan fingerprint density at radius 3 is 2.31 bits per heavy atom. The highest BCUT2D eigenvalue weighted by atomic mass is 35.5. The number of nitrogens with zero attached hydrogens (tertiary/aromatic N) is 1. The number of esters is 1. The number of benzene rings is 1. The average molecular weight is 426 g/mol. The topological polar surface area (TPSA) is 57.7 Å². The fraction of sp³-hybridized carbons (Fsp3) is 0.455. The van der Waals surface area contributed by atoms with Crippen LogP contribution in [0.5, 0.6) is 17.4 Å². The van der Waals surface area contributed by atoms with Crippen LogP contribution in [0.4, 0.5) is 4.39 Å². The molecule has 0 spiro atoms. The van der Waals surface area contributed by atoms with Crippen molar-refractivity contribution in [1.82, 2.24) is 4.98 Å². The lowest BCUT2D eigenvalue weighted by Gasteiger charge is -2.20. The predicted octanol–water partition coefficient (Wildman–Crippen LogP) is 6.74. The molecule has 29 heavy (non-hydrogen) atoms. The maximum Gasteiger partial charge on any atom is 0.341 e. The molecule has 0 aliphatic rings. The van der Waals surface area contributed by atoms with Gasteiger partial charge in [0.05, 0.1) is 17.9 Å². The van der Waals surface area contributed by atoms with Crippen LogP contribution < -0.4 is 9.47 Å². The van der Waals surface area contributed by atoms with Crippen LogP contribution in [0.1, 0.15) is 64.4 Å². The number of pyridine rings is 1. The van der Waals surface area contributed by atoms with Gasteiger partial charge >= 0.3 is 5.97 Å². The molecule has 1 aromatic heterocycles. The summed E-state index contributed by atoms with van der Waals surface area (Å²) in [5.41, 5.74) is -0.294. The van der Waals surface area contributed by atoms with E-state index in [0.717, 1.165) is 6.07 Å². The second kappa shape index (κ2) is 10.4. The molecule has 0 bridgehead atoms. The Labute approximate surface area is 177 Å². The molecule has 1 aromatic carbocycles. The maximum atomic E-state index is 14.4. The Balaban J connectivity index is 0.00000204. The van der Waals surface area contributed by atoms with Crippen molar-refractivity contribution in [3.8, 4) is 17.4 Å². The van der Waals surface area contributed by atoms with Crippen molar-refractivity contribution in [3.63, 3.8) is 0 Å². The van der Waals surface area contributed by atoms with E-state index in [4.69, 9.17) is 25.8 Å². The van der Waals surface area contributed by atoms with Crippen molar-refractivity contribution in [1.29, 1.82) is 0 Å². The van der Waals surface area contributed by atoms with Gasteiger partial charge in [-0.2, -0.15) is 0 Å². The van der Waals surface area contributed by atoms with E-state index in [-0.39, 0.29) is 22.4 Å². The molecule has 0 N–H and O–H groups in total. The highest BCUT2D eigenvalue weighted by Crippen LogP contribution is 2.32. The van der Waals surface area contributed by atoms with Gasteiger partial charge in [0.1, 0.15) is 27.9 Å². The number of ether oxygens (including phenoxy) is 3. The minimum atomic E-state index is -0.733. The number of rotatable bonds is 5. The molecule has 5 nitrogen and oxygen atoms in total. The maximum absolute atomic E-state index is 14.4. The lowest BCUT2D eigenvalue weighted by atomic mass is 10.1. The molecule has 2 rings (SSSR count). The molecule has 160 valence electrons. The van der Waals surface area contributed by atoms with Crippen LogP contribution in [0.15, 0.2) is 24.4 Å². The average Bonchev–Trinajstić information content (AvgIpc) is 2.60. The fourth-order valence-corrected chi connectivity index (χ4v) is 2.36. The first-order valence-electron chi connectivity index (χ1n) is 9.50. The molecular weight excluding hydrogens is 397 g/mol. The first-order valence-corrected chi connectivity index (χ1v) is 9.87. The SMILES string of the molecule is CC.Cc1cc(C(=O)OC(C)(C)C)c(F)cc1Oc1cnc(OC(C)C)c(Cl)c1. The number of aryl methyl sites for hydroxylation is 1. The smallest absolute Gasteiger partial charge is 0.341 e. The van der Waals surface area contributed by atoms with Gasteiger partial charge in [-0.05, 0) is 53.2 Å². The zero-order valence-corrected chi connectivity index (χ0v) is 19.0. The Hall–Kier alpha value is -2.34. The summed E-state index contributed by atoms with van der Waals surface area (Å²) < 4.78 is 30.8. The molecular formula is C22H29ClFNO4. The molecule has 0 saturated heterocycles. The van der Waals surface area contributed by atoms with Crippen molar-refractivity contribution in [2.45, 2.75) is 67.1 Å². The van der Waals surface area contributed by atoms with E-state index in [2.05, 4.69) is 4.98 Å². The number of carbonyl (C=O) groups is 1. The number of aromatic nitrogens is 1. The second-order valence-electron chi connectivity index (χ2n) is 7.33. The summed E-state index contributed by atoms with van der Waals surface area (Å²) in [6.45, 7) is 14.6. The van der Waals surface area contributed by atoms with Gasteiger partial charge in [-0.25, -0.2) is 14.2 Å². The highest BCUT2D eigenvalue weighted by Gasteiger charge is 2.22. The molecule has 0 unspecified atom stereocenters. The Morgan fingerprint density at radius 1 is 1.17 bits per heavy atom. The fourth-order valence-electron chi connectivity index (χ4n) is 2.16. The minimum absolute atomic E-state index is 0.0708. The second-order valence-corrected chi connectivity index (χ2v) is 7.73. The van der Waals surface area contributed by atoms with Crippen LogP contribution in [0.2, 0.25) is 5.02 Å². The van der Waals surface area contributed by atoms with E-state index in [1.165, 1.54) is 18.3 Å². The van der Waals surface area contributed by atoms with E-state index in [0.29, 0.717) is 17.2 Å². The number of hydrogen-bond acceptors (Lipinski definition) is 5. The van der Waals surface area contributed by atoms with Crippen LogP contribution in [0.25, 0.3) is 0 Å². The summed E-state index contributed by atoms with van der Waals surface area (Å²) in [5.74, 6) is -0.598.